The van der Waals surface area contributed by atoms with Crippen molar-refractivity contribution in [2.75, 3.05) is 0 Å². The second-order valence-electron chi connectivity index (χ2n) is 5.87. The normalized spacial score (nSPS) is 14.4. The standard InChI is InChI=1S/C11H22N2O3/c1-10(2,3)8(9(15)16)13-7(14)6-11(4,5)12/h8H,6,12H2,1-5H3,(H,13,14)(H,15,16). The average molecular weight is 230 g/mol. The maximum Gasteiger partial charge on any atom is 0.326 e. The second-order valence-corrected chi connectivity index (χ2v) is 5.87. The van der Waals surface area contributed by atoms with Crippen molar-refractivity contribution in [1.29, 1.82) is 0 Å². The minimum Gasteiger partial charge on any atom is -0.480 e. The van der Waals surface area contributed by atoms with Crippen LogP contribution in [-0.4, -0.2) is 28.6 Å². The molecule has 0 heterocycles. The number of nitrogens with two attached hydrogens (primary N) is 1. The van der Waals surface area contributed by atoms with Gasteiger partial charge in [-0.3, -0.25) is 4.79 Å². The van der Waals surface area contributed by atoms with Crippen LogP contribution in [0.15, 0.2) is 0 Å². The Morgan fingerprint density at radius 2 is 1.69 bits per heavy atom. The summed E-state index contributed by atoms with van der Waals surface area (Å²) in [6, 6.07) is -0.901. The number of carboxylic acid groups (broad SMARTS) is 1. The molecular formula is C11H22N2O3. The van der Waals surface area contributed by atoms with Crippen molar-refractivity contribution >= 4 is 11.9 Å². The lowest BCUT2D eigenvalue weighted by molar-refractivity contribution is -0.145. The van der Waals surface area contributed by atoms with Crippen LogP contribution in [0, 0.1) is 5.41 Å². The zero-order valence-corrected chi connectivity index (χ0v) is 10.6. The molecule has 5 heteroatoms. The molecule has 1 atom stereocenters. The Morgan fingerprint density at radius 3 is 1.94 bits per heavy atom. The molecule has 0 aliphatic heterocycles. The highest BCUT2D eigenvalue weighted by molar-refractivity contribution is 5.84. The fourth-order valence-electron chi connectivity index (χ4n) is 1.27. The third-order valence-corrected chi connectivity index (χ3v) is 2.03. The first-order valence-corrected chi connectivity index (χ1v) is 5.24. The predicted molar refractivity (Wildman–Crippen MR) is 61.9 cm³/mol. The van der Waals surface area contributed by atoms with Gasteiger partial charge in [-0.2, -0.15) is 0 Å². The fraction of sp³-hybridized carbons (Fsp3) is 0.818. The predicted octanol–water partition coefficient (Wildman–Crippen LogP) is 0.729. The molecular weight excluding hydrogens is 208 g/mol. The molecule has 4 N–H and O–H groups in total. The van der Waals surface area contributed by atoms with Crippen molar-refractivity contribution in [1.82, 2.24) is 5.32 Å². The molecule has 1 unspecified atom stereocenters. The van der Waals surface area contributed by atoms with Crippen molar-refractivity contribution in [3.05, 3.63) is 0 Å². The molecule has 94 valence electrons. The molecule has 5 nitrogen and oxygen atoms in total. The summed E-state index contributed by atoms with van der Waals surface area (Å²) in [6.07, 6.45) is 0.104. The molecule has 0 rings (SSSR count). The number of hydrogen-bond donors (Lipinski definition) is 3. The van der Waals surface area contributed by atoms with Gasteiger partial charge in [0, 0.05) is 12.0 Å². The molecule has 0 fully saturated rings. The van der Waals surface area contributed by atoms with E-state index in [4.69, 9.17) is 10.8 Å². The first-order valence-electron chi connectivity index (χ1n) is 5.24. The number of carbonyl (C=O) groups excluding carboxylic acids is 1. The van der Waals surface area contributed by atoms with Gasteiger partial charge >= 0.3 is 5.97 Å². The van der Waals surface area contributed by atoms with Crippen molar-refractivity contribution in [3.8, 4) is 0 Å². The number of carboxylic acids is 1. The SMILES string of the molecule is CC(C)(N)CC(=O)NC(C(=O)O)C(C)(C)C. The molecule has 0 aliphatic rings. The Hall–Kier alpha value is -1.10. The Kier molecular flexibility index (Phi) is 4.49. The van der Waals surface area contributed by atoms with Gasteiger partial charge in [0.25, 0.3) is 0 Å². The van der Waals surface area contributed by atoms with Gasteiger partial charge in [-0.15, -0.1) is 0 Å². The summed E-state index contributed by atoms with van der Waals surface area (Å²) in [6.45, 7) is 8.73. The van der Waals surface area contributed by atoms with Crippen LogP contribution in [0.5, 0.6) is 0 Å². The van der Waals surface area contributed by atoms with Gasteiger partial charge in [-0.1, -0.05) is 20.8 Å². The maximum absolute atomic E-state index is 11.6. The van der Waals surface area contributed by atoms with Gasteiger partial charge < -0.3 is 16.2 Å². The Balaban J connectivity index is 4.56. The van der Waals surface area contributed by atoms with E-state index < -0.39 is 23.0 Å². The van der Waals surface area contributed by atoms with Crippen molar-refractivity contribution in [3.63, 3.8) is 0 Å². The van der Waals surface area contributed by atoms with E-state index >= 15 is 0 Å². The van der Waals surface area contributed by atoms with Crippen molar-refractivity contribution in [2.24, 2.45) is 11.1 Å². The number of hydrogen-bond acceptors (Lipinski definition) is 3. The van der Waals surface area contributed by atoms with Crippen molar-refractivity contribution in [2.45, 2.75) is 52.6 Å². The van der Waals surface area contributed by atoms with E-state index in [2.05, 4.69) is 5.32 Å². The molecule has 0 saturated heterocycles. The van der Waals surface area contributed by atoms with Gasteiger partial charge in [0.05, 0.1) is 0 Å². The third kappa shape index (κ3) is 5.70. The summed E-state index contributed by atoms with van der Waals surface area (Å²) in [7, 11) is 0. The van der Waals surface area contributed by atoms with Gasteiger partial charge in [0.1, 0.15) is 6.04 Å². The monoisotopic (exact) mass is 230 g/mol. The lowest BCUT2D eigenvalue weighted by atomic mass is 9.86. The molecule has 0 bridgehead atoms. The van der Waals surface area contributed by atoms with Gasteiger partial charge in [0.15, 0.2) is 0 Å². The van der Waals surface area contributed by atoms with E-state index in [1.165, 1.54) is 0 Å². The third-order valence-electron chi connectivity index (χ3n) is 2.03. The molecule has 0 aromatic heterocycles. The lowest BCUT2D eigenvalue weighted by Crippen LogP contribution is -2.51. The van der Waals surface area contributed by atoms with Crippen LogP contribution in [0.2, 0.25) is 0 Å². The molecule has 1 amide bonds. The fourth-order valence-corrected chi connectivity index (χ4v) is 1.27. The van der Waals surface area contributed by atoms with Crippen LogP contribution < -0.4 is 11.1 Å². The number of aliphatic carboxylic acids is 1. The van der Waals surface area contributed by atoms with E-state index in [1.54, 1.807) is 34.6 Å². The number of nitrogens with one attached hydrogen (secondary N) is 1. The van der Waals surface area contributed by atoms with Crippen molar-refractivity contribution < 1.29 is 14.7 Å². The highest BCUT2D eigenvalue weighted by Gasteiger charge is 2.33. The van der Waals surface area contributed by atoms with Gasteiger partial charge in [0.2, 0.25) is 5.91 Å². The summed E-state index contributed by atoms with van der Waals surface area (Å²) in [5, 5.41) is 11.5. The van der Waals surface area contributed by atoms with Crippen LogP contribution in [0.3, 0.4) is 0 Å². The summed E-state index contributed by atoms with van der Waals surface area (Å²) in [5.41, 5.74) is 4.53. The topological polar surface area (TPSA) is 92.4 Å². The Morgan fingerprint density at radius 1 is 1.25 bits per heavy atom. The van der Waals surface area contributed by atoms with Crippen LogP contribution in [0.1, 0.15) is 41.0 Å². The summed E-state index contributed by atoms with van der Waals surface area (Å²) in [5.74, 6) is -1.37. The van der Waals surface area contributed by atoms with Gasteiger partial charge in [-0.05, 0) is 19.3 Å². The molecule has 16 heavy (non-hydrogen) atoms. The first-order chi connectivity index (χ1) is 6.93. The number of carbonyl (C=O) groups is 2. The van der Waals surface area contributed by atoms with Crippen LogP contribution >= 0.6 is 0 Å². The Labute approximate surface area is 96.4 Å². The zero-order valence-electron chi connectivity index (χ0n) is 10.6. The second kappa shape index (κ2) is 4.82. The molecule has 0 aromatic carbocycles. The summed E-state index contributed by atoms with van der Waals surface area (Å²) in [4.78, 5) is 22.6. The summed E-state index contributed by atoms with van der Waals surface area (Å²) >= 11 is 0. The molecule has 0 aromatic rings. The quantitative estimate of drug-likeness (QED) is 0.663. The van der Waals surface area contributed by atoms with E-state index in [-0.39, 0.29) is 12.3 Å². The largest absolute Gasteiger partial charge is 0.480 e. The maximum atomic E-state index is 11.6. The Bertz CT molecular complexity index is 274. The average Bonchev–Trinajstić information content (AvgIpc) is 1.93. The van der Waals surface area contributed by atoms with Crippen LogP contribution in [-0.2, 0) is 9.59 Å². The first kappa shape index (κ1) is 14.9. The molecule has 0 saturated carbocycles. The van der Waals surface area contributed by atoms with E-state index in [0.717, 1.165) is 0 Å². The number of rotatable bonds is 4. The highest BCUT2D eigenvalue weighted by atomic mass is 16.4. The lowest BCUT2D eigenvalue weighted by Gasteiger charge is -2.29. The molecule has 0 aliphatic carbocycles. The van der Waals surface area contributed by atoms with E-state index in [0.29, 0.717) is 0 Å². The van der Waals surface area contributed by atoms with E-state index in [1.807, 2.05) is 0 Å². The molecule has 0 spiro atoms. The number of amides is 1. The molecule has 0 radical (unpaired) electrons. The van der Waals surface area contributed by atoms with Crippen LogP contribution in [0.25, 0.3) is 0 Å². The van der Waals surface area contributed by atoms with Crippen LogP contribution in [0.4, 0.5) is 0 Å². The zero-order chi connectivity index (χ0) is 13.1. The smallest absolute Gasteiger partial charge is 0.326 e. The minimum atomic E-state index is -1.03. The summed E-state index contributed by atoms with van der Waals surface area (Å²) < 4.78 is 0. The van der Waals surface area contributed by atoms with E-state index in [9.17, 15) is 9.59 Å². The van der Waals surface area contributed by atoms with Gasteiger partial charge in [-0.25, -0.2) is 4.79 Å². The highest BCUT2D eigenvalue weighted by Crippen LogP contribution is 2.19. The minimum absolute atomic E-state index is 0.104.